The summed E-state index contributed by atoms with van der Waals surface area (Å²) in [6.45, 7) is 6.74. The minimum absolute atomic E-state index is 0.0748. The first-order valence-electron chi connectivity index (χ1n) is 15.1. The van der Waals surface area contributed by atoms with Crippen LogP contribution in [0.2, 0.25) is 0 Å². The number of unbranched alkanes of at least 4 members (excludes halogenated alkanes) is 9. The van der Waals surface area contributed by atoms with Crippen LogP contribution in [0.4, 0.5) is 0 Å². The van der Waals surface area contributed by atoms with Crippen molar-refractivity contribution in [1.82, 2.24) is 4.90 Å². The van der Waals surface area contributed by atoms with Gasteiger partial charge in [-0.2, -0.15) is 0 Å². The summed E-state index contributed by atoms with van der Waals surface area (Å²) < 4.78 is 39.3. The highest BCUT2D eigenvalue weighted by Crippen LogP contribution is 2.39. The Bertz CT molecular complexity index is 1310. The molecule has 1 aliphatic rings. The van der Waals surface area contributed by atoms with Crippen molar-refractivity contribution in [3.8, 4) is 0 Å². The summed E-state index contributed by atoms with van der Waals surface area (Å²) >= 11 is 0. The monoisotopic (exact) mass is 598 g/mol. The van der Waals surface area contributed by atoms with Crippen LogP contribution in [0.3, 0.4) is 0 Å². The molecule has 0 spiro atoms. The molecule has 0 radical (unpaired) electrons. The van der Waals surface area contributed by atoms with Crippen molar-refractivity contribution < 1.29 is 27.5 Å². The number of nitrogens with two attached hydrogens (primary N) is 1. The van der Waals surface area contributed by atoms with Crippen molar-refractivity contribution in [3.63, 3.8) is 0 Å². The lowest BCUT2D eigenvalue weighted by Crippen LogP contribution is -2.26. The maximum absolute atomic E-state index is 14.0. The third-order valence-corrected chi connectivity index (χ3v) is 9.27. The highest BCUT2D eigenvalue weighted by atomic mass is 32.2. The number of rotatable bonds is 18. The number of esters is 1. The van der Waals surface area contributed by atoms with Gasteiger partial charge in [0, 0.05) is 6.54 Å². The number of ether oxygens (including phenoxy) is 2. The SMILES string of the molecule is CCCCCCCCCCCCOC(=O)c1cccc(C(ON)/C(=C2/OC=C(C)N2CC)S(=O)(=O)c2ccccc2)c1. The number of benzene rings is 2. The van der Waals surface area contributed by atoms with E-state index in [4.69, 9.17) is 20.2 Å². The van der Waals surface area contributed by atoms with Gasteiger partial charge < -0.3 is 14.4 Å². The molecular weight excluding hydrogens is 552 g/mol. The summed E-state index contributed by atoms with van der Waals surface area (Å²) in [7, 11) is -4.12. The molecule has 0 amide bonds. The zero-order chi connectivity index (χ0) is 30.4. The van der Waals surface area contributed by atoms with Gasteiger partial charge in [-0.3, -0.25) is 4.84 Å². The molecule has 0 aliphatic carbocycles. The van der Waals surface area contributed by atoms with Crippen molar-refractivity contribution in [2.24, 2.45) is 5.90 Å². The maximum Gasteiger partial charge on any atom is 0.338 e. The molecule has 3 rings (SSSR count). The van der Waals surface area contributed by atoms with Gasteiger partial charge >= 0.3 is 5.97 Å². The number of carbonyl (C=O) groups is 1. The maximum atomic E-state index is 14.0. The van der Waals surface area contributed by atoms with E-state index in [0.29, 0.717) is 18.7 Å². The molecule has 1 unspecified atom stereocenters. The Kier molecular flexibility index (Phi) is 13.6. The molecule has 42 heavy (non-hydrogen) atoms. The molecule has 9 heteroatoms. The second kappa shape index (κ2) is 17.1. The van der Waals surface area contributed by atoms with E-state index in [1.54, 1.807) is 47.4 Å². The minimum atomic E-state index is -4.12. The second-order valence-electron chi connectivity index (χ2n) is 10.6. The first-order chi connectivity index (χ1) is 20.3. The van der Waals surface area contributed by atoms with Gasteiger partial charge in [0.15, 0.2) is 0 Å². The molecule has 2 aromatic carbocycles. The Hall–Kier alpha value is -3.14. The quantitative estimate of drug-likeness (QED) is 0.106. The third kappa shape index (κ3) is 8.93. The summed E-state index contributed by atoms with van der Waals surface area (Å²) in [5.74, 6) is 5.40. The van der Waals surface area contributed by atoms with Crippen LogP contribution in [0, 0.1) is 0 Å². The van der Waals surface area contributed by atoms with Crippen LogP contribution in [-0.4, -0.2) is 32.4 Å². The highest BCUT2D eigenvalue weighted by Gasteiger charge is 2.38. The van der Waals surface area contributed by atoms with Crippen LogP contribution in [-0.2, 0) is 24.1 Å². The Balaban J connectivity index is 1.72. The number of allylic oxidation sites excluding steroid dienone is 1. The first kappa shape index (κ1) is 33.4. The lowest BCUT2D eigenvalue weighted by atomic mass is 10.1. The smallest absolute Gasteiger partial charge is 0.338 e. The fourth-order valence-corrected chi connectivity index (χ4v) is 6.70. The van der Waals surface area contributed by atoms with E-state index in [0.717, 1.165) is 25.0 Å². The van der Waals surface area contributed by atoms with Crippen molar-refractivity contribution in [1.29, 1.82) is 0 Å². The van der Waals surface area contributed by atoms with Gasteiger partial charge in [-0.05, 0) is 50.1 Å². The summed E-state index contributed by atoms with van der Waals surface area (Å²) in [5, 5.41) is 0. The van der Waals surface area contributed by atoms with E-state index in [1.807, 2.05) is 13.8 Å². The average molecular weight is 599 g/mol. The summed E-state index contributed by atoms with van der Waals surface area (Å²) in [6, 6.07) is 14.6. The topological polar surface area (TPSA) is 108 Å². The van der Waals surface area contributed by atoms with E-state index in [9.17, 15) is 13.2 Å². The molecule has 0 bridgehead atoms. The zero-order valence-corrected chi connectivity index (χ0v) is 26.0. The summed E-state index contributed by atoms with van der Waals surface area (Å²) in [4.78, 5) is 19.9. The lowest BCUT2D eigenvalue weighted by molar-refractivity contribution is 0.0496. The highest BCUT2D eigenvalue weighted by molar-refractivity contribution is 7.95. The third-order valence-electron chi connectivity index (χ3n) is 7.41. The van der Waals surface area contributed by atoms with Gasteiger partial charge in [0.2, 0.25) is 15.7 Å². The van der Waals surface area contributed by atoms with E-state index >= 15 is 0 Å². The van der Waals surface area contributed by atoms with Crippen LogP contribution >= 0.6 is 0 Å². The fourth-order valence-electron chi connectivity index (χ4n) is 5.07. The number of carbonyl (C=O) groups excluding carboxylic acids is 1. The first-order valence-corrected chi connectivity index (χ1v) is 16.6. The average Bonchev–Trinajstić information content (AvgIpc) is 3.38. The Labute approximate surface area is 251 Å². The van der Waals surface area contributed by atoms with Gasteiger partial charge in [0.05, 0.1) is 22.8 Å². The number of hydrogen-bond donors (Lipinski definition) is 1. The van der Waals surface area contributed by atoms with E-state index < -0.39 is 21.9 Å². The molecule has 0 aromatic heterocycles. The minimum Gasteiger partial charge on any atom is -0.462 e. The number of nitrogens with zero attached hydrogens (tertiary/aromatic N) is 1. The standard InChI is InChI=1S/C33H46N2O6S/c1-4-6-7-8-9-10-11-12-13-17-23-39-33(36)28-20-18-19-27(24-28)30(41-34)31(32-35(5-2)26(3)25-40-32)42(37,38)29-21-15-14-16-22-29/h14-16,18-22,24-25,30H,4-13,17,23,34H2,1-3H3/b32-31-. The van der Waals surface area contributed by atoms with Gasteiger partial charge in [-0.1, -0.05) is 95.0 Å². The fraction of sp³-hybridized carbons (Fsp3) is 0.485. The lowest BCUT2D eigenvalue weighted by Gasteiger charge is -2.25. The van der Waals surface area contributed by atoms with Gasteiger partial charge in [-0.15, -0.1) is 0 Å². The molecule has 0 saturated heterocycles. The molecule has 1 aliphatic heterocycles. The zero-order valence-electron chi connectivity index (χ0n) is 25.2. The van der Waals surface area contributed by atoms with Gasteiger partial charge in [0.1, 0.15) is 17.3 Å². The Morgan fingerprint density at radius 2 is 1.55 bits per heavy atom. The number of hydrogen-bond acceptors (Lipinski definition) is 8. The van der Waals surface area contributed by atoms with Crippen LogP contribution in [0.5, 0.6) is 0 Å². The predicted octanol–water partition coefficient (Wildman–Crippen LogP) is 7.55. The summed E-state index contributed by atoms with van der Waals surface area (Å²) in [6.07, 6.45) is 12.2. The van der Waals surface area contributed by atoms with E-state index in [2.05, 4.69) is 6.92 Å². The molecule has 0 fully saturated rings. The molecule has 1 heterocycles. The number of sulfone groups is 1. The molecule has 8 nitrogen and oxygen atoms in total. The van der Waals surface area contributed by atoms with Crippen molar-refractivity contribution in [3.05, 3.63) is 88.5 Å². The van der Waals surface area contributed by atoms with Crippen molar-refractivity contribution in [2.45, 2.75) is 96.0 Å². The Morgan fingerprint density at radius 3 is 2.17 bits per heavy atom. The van der Waals surface area contributed by atoms with Gasteiger partial charge in [0.25, 0.3) is 0 Å². The molecule has 1 atom stereocenters. The molecule has 0 saturated carbocycles. The van der Waals surface area contributed by atoms with E-state index in [1.165, 1.54) is 63.3 Å². The molecule has 2 aromatic rings. The normalized spacial score (nSPS) is 15.2. The van der Waals surface area contributed by atoms with Crippen LogP contribution in [0.25, 0.3) is 0 Å². The molecule has 230 valence electrons. The van der Waals surface area contributed by atoms with Crippen LogP contribution in [0.1, 0.15) is 107 Å². The predicted molar refractivity (Wildman–Crippen MR) is 164 cm³/mol. The van der Waals surface area contributed by atoms with Crippen LogP contribution < -0.4 is 5.90 Å². The van der Waals surface area contributed by atoms with E-state index in [-0.39, 0.29) is 21.2 Å². The van der Waals surface area contributed by atoms with Gasteiger partial charge in [-0.25, -0.2) is 19.1 Å². The van der Waals surface area contributed by atoms with Crippen molar-refractivity contribution >= 4 is 15.8 Å². The van der Waals surface area contributed by atoms with Crippen LogP contribution in [0.15, 0.2) is 82.2 Å². The molecule has 2 N–H and O–H groups in total. The largest absolute Gasteiger partial charge is 0.462 e. The molecular formula is C33H46N2O6S. The van der Waals surface area contributed by atoms with Crippen molar-refractivity contribution in [2.75, 3.05) is 13.2 Å². The summed E-state index contributed by atoms with van der Waals surface area (Å²) in [5.41, 5.74) is 1.42. The second-order valence-corrected chi connectivity index (χ2v) is 12.5. The Morgan fingerprint density at radius 1 is 0.905 bits per heavy atom.